The molecule has 0 radical (unpaired) electrons. The predicted octanol–water partition coefficient (Wildman–Crippen LogP) is 3.92. The summed E-state index contributed by atoms with van der Waals surface area (Å²) >= 11 is 1.43. The first-order valence-electron chi connectivity index (χ1n) is 5.97. The quantitative estimate of drug-likeness (QED) is 0.856. The Morgan fingerprint density at radius 2 is 1.90 bits per heavy atom. The fraction of sp³-hybridized carbons (Fsp3) is 0.214. The minimum absolute atomic E-state index is 0.133. The van der Waals surface area contributed by atoms with Gasteiger partial charge in [0.15, 0.2) is 0 Å². The van der Waals surface area contributed by atoms with Crippen LogP contribution < -0.4 is 4.74 Å². The number of alkyl halides is 3. The van der Waals surface area contributed by atoms with Gasteiger partial charge in [0, 0.05) is 19.0 Å². The largest absolute Gasteiger partial charge is 0.573 e. The number of carbonyl (C=O) groups is 1. The molecule has 0 atom stereocenters. The lowest BCUT2D eigenvalue weighted by atomic mass is 10.2. The lowest BCUT2D eigenvalue weighted by molar-refractivity contribution is -0.274. The number of rotatable bonds is 4. The van der Waals surface area contributed by atoms with Gasteiger partial charge in [-0.2, -0.15) is 11.3 Å². The zero-order valence-corrected chi connectivity index (χ0v) is 11.9. The predicted molar refractivity (Wildman–Crippen MR) is 73.2 cm³/mol. The van der Waals surface area contributed by atoms with Gasteiger partial charge in [-0.05, 0) is 29.1 Å². The van der Waals surface area contributed by atoms with Gasteiger partial charge in [0.2, 0.25) is 0 Å². The third-order valence-electron chi connectivity index (χ3n) is 2.69. The van der Waals surface area contributed by atoms with Crippen LogP contribution in [0, 0.1) is 0 Å². The van der Waals surface area contributed by atoms with Gasteiger partial charge in [-0.25, -0.2) is 0 Å². The molecule has 112 valence electrons. The lowest BCUT2D eigenvalue weighted by Crippen LogP contribution is -2.25. The van der Waals surface area contributed by atoms with Gasteiger partial charge in [0.25, 0.3) is 5.91 Å². The van der Waals surface area contributed by atoms with Crippen molar-refractivity contribution < 1.29 is 22.7 Å². The Morgan fingerprint density at radius 3 is 2.43 bits per heavy atom. The van der Waals surface area contributed by atoms with Gasteiger partial charge in [0.05, 0.1) is 5.56 Å². The fourth-order valence-corrected chi connectivity index (χ4v) is 2.38. The van der Waals surface area contributed by atoms with Gasteiger partial charge in [0.1, 0.15) is 5.75 Å². The molecule has 1 heterocycles. The van der Waals surface area contributed by atoms with E-state index in [0.717, 1.165) is 5.56 Å². The van der Waals surface area contributed by atoms with Gasteiger partial charge >= 0.3 is 6.36 Å². The molecule has 0 aliphatic carbocycles. The maximum atomic E-state index is 12.0. The van der Waals surface area contributed by atoms with Crippen molar-refractivity contribution in [3.63, 3.8) is 0 Å². The van der Waals surface area contributed by atoms with E-state index in [1.54, 1.807) is 18.5 Å². The molecule has 7 heteroatoms. The monoisotopic (exact) mass is 315 g/mol. The van der Waals surface area contributed by atoms with E-state index < -0.39 is 6.36 Å². The molecule has 2 aromatic rings. The molecule has 0 spiro atoms. The highest BCUT2D eigenvalue weighted by Gasteiger charge is 2.30. The van der Waals surface area contributed by atoms with Crippen LogP contribution in [0.2, 0.25) is 0 Å². The van der Waals surface area contributed by atoms with Crippen LogP contribution in [0.1, 0.15) is 15.9 Å². The normalized spacial score (nSPS) is 11.2. The highest BCUT2D eigenvalue weighted by atomic mass is 32.1. The number of ether oxygens (including phenoxy) is 1. The van der Waals surface area contributed by atoms with Crippen molar-refractivity contribution >= 4 is 17.2 Å². The molecule has 21 heavy (non-hydrogen) atoms. The molecule has 0 saturated carbocycles. The van der Waals surface area contributed by atoms with E-state index in [0.29, 0.717) is 12.1 Å². The molecule has 0 N–H and O–H groups in total. The first kappa shape index (κ1) is 15.4. The van der Waals surface area contributed by atoms with Crippen LogP contribution in [0.4, 0.5) is 13.2 Å². The second-order valence-electron chi connectivity index (χ2n) is 4.36. The van der Waals surface area contributed by atoms with E-state index in [1.807, 2.05) is 5.38 Å². The SMILES string of the molecule is CN(Cc1ccc(OC(F)(F)F)cc1)C(=O)c1ccsc1. The zero-order chi connectivity index (χ0) is 15.5. The zero-order valence-electron chi connectivity index (χ0n) is 11.1. The molecule has 0 saturated heterocycles. The lowest BCUT2D eigenvalue weighted by Gasteiger charge is -2.17. The number of halogens is 3. The number of amides is 1. The van der Waals surface area contributed by atoms with Crippen molar-refractivity contribution in [2.45, 2.75) is 12.9 Å². The van der Waals surface area contributed by atoms with Crippen LogP contribution in [0.25, 0.3) is 0 Å². The molecule has 1 aromatic carbocycles. The number of hydrogen-bond donors (Lipinski definition) is 0. The first-order valence-corrected chi connectivity index (χ1v) is 6.92. The molecule has 0 aliphatic rings. The van der Waals surface area contributed by atoms with Crippen LogP contribution in [-0.2, 0) is 6.54 Å². The van der Waals surface area contributed by atoms with Crippen molar-refractivity contribution in [2.75, 3.05) is 7.05 Å². The van der Waals surface area contributed by atoms with E-state index in [-0.39, 0.29) is 11.7 Å². The number of hydrogen-bond acceptors (Lipinski definition) is 3. The second-order valence-corrected chi connectivity index (χ2v) is 5.15. The molecular weight excluding hydrogens is 303 g/mol. The summed E-state index contributed by atoms with van der Waals surface area (Å²) in [5, 5.41) is 3.56. The minimum atomic E-state index is -4.70. The molecule has 0 bridgehead atoms. The Balaban J connectivity index is 1.98. The number of carbonyl (C=O) groups excluding carboxylic acids is 1. The third-order valence-corrected chi connectivity index (χ3v) is 3.37. The Morgan fingerprint density at radius 1 is 1.24 bits per heavy atom. The summed E-state index contributed by atoms with van der Waals surface area (Å²) in [5.41, 5.74) is 1.31. The van der Waals surface area contributed by atoms with Crippen LogP contribution in [-0.4, -0.2) is 24.2 Å². The van der Waals surface area contributed by atoms with Gasteiger partial charge < -0.3 is 9.64 Å². The Labute approximate surface area is 123 Å². The average Bonchev–Trinajstić information content (AvgIpc) is 2.92. The van der Waals surface area contributed by atoms with Crippen molar-refractivity contribution in [3.05, 3.63) is 52.2 Å². The number of benzene rings is 1. The minimum Gasteiger partial charge on any atom is -0.406 e. The van der Waals surface area contributed by atoms with E-state index in [9.17, 15) is 18.0 Å². The molecule has 1 aromatic heterocycles. The van der Waals surface area contributed by atoms with Crippen LogP contribution in [0.3, 0.4) is 0 Å². The summed E-state index contributed by atoms with van der Waals surface area (Å²) in [5.74, 6) is -0.412. The van der Waals surface area contributed by atoms with E-state index in [1.165, 1.54) is 40.5 Å². The van der Waals surface area contributed by atoms with Crippen LogP contribution in [0.15, 0.2) is 41.1 Å². The number of thiophene rings is 1. The Bertz CT molecular complexity index is 594. The summed E-state index contributed by atoms with van der Waals surface area (Å²) < 4.78 is 39.9. The second kappa shape index (κ2) is 6.17. The Kier molecular flexibility index (Phi) is 4.52. The average molecular weight is 315 g/mol. The van der Waals surface area contributed by atoms with E-state index in [2.05, 4.69) is 4.74 Å². The van der Waals surface area contributed by atoms with E-state index in [4.69, 9.17) is 0 Å². The maximum Gasteiger partial charge on any atom is 0.573 e. The standard InChI is InChI=1S/C14H12F3NO2S/c1-18(13(19)11-6-7-21-9-11)8-10-2-4-12(5-3-10)20-14(15,16)17/h2-7,9H,8H2,1H3. The highest BCUT2D eigenvalue weighted by molar-refractivity contribution is 7.08. The highest BCUT2D eigenvalue weighted by Crippen LogP contribution is 2.23. The third kappa shape index (κ3) is 4.49. The van der Waals surface area contributed by atoms with E-state index >= 15 is 0 Å². The molecule has 1 amide bonds. The summed E-state index contributed by atoms with van der Waals surface area (Å²) in [6, 6.07) is 7.18. The smallest absolute Gasteiger partial charge is 0.406 e. The molecule has 2 rings (SSSR count). The van der Waals surface area contributed by atoms with Crippen molar-refractivity contribution in [1.29, 1.82) is 0 Å². The number of nitrogens with zero attached hydrogens (tertiary/aromatic N) is 1. The molecule has 0 unspecified atom stereocenters. The first-order chi connectivity index (χ1) is 9.85. The molecule has 3 nitrogen and oxygen atoms in total. The van der Waals surface area contributed by atoms with Crippen molar-refractivity contribution in [1.82, 2.24) is 4.90 Å². The van der Waals surface area contributed by atoms with Gasteiger partial charge in [-0.1, -0.05) is 12.1 Å². The van der Waals surface area contributed by atoms with Crippen molar-refractivity contribution in [2.24, 2.45) is 0 Å². The fourth-order valence-electron chi connectivity index (χ4n) is 1.75. The summed E-state index contributed by atoms with van der Waals surface area (Å²) in [6.07, 6.45) is -4.70. The molecular formula is C14H12F3NO2S. The van der Waals surface area contributed by atoms with Gasteiger partial charge in [-0.3, -0.25) is 4.79 Å². The maximum absolute atomic E-state index is 12.0. The summed E-state index contributed by atoms with van der Waals surface area (Å²) in [6.45, 7) is 0.307. The van der Waals surface area contributed by atoms with Crippen molar-refractivity contribution in [3.8, 4) is 5.75 Å². The van der Waals surface area contributed by atoms with Crippen LogP contribution >= 0.6 is 11.3 Å². The van der Waals surface area contributed by atoms with Crippen LogP contribution in [0.5, 0.6) is 5.75 Å². The topological polar surface area (TPSA) is 29.5 Å². The summed E-state index contributed by atoms with van der Waals surface area (Å²) in [4.78, 5) is 13.5. The molecule has 0 fully saturated rings. The Hall–Kier alpha value is -2.02. The molecule has 0 aliphatic heterocycles. The summed E-state index contributed by atoms with van der Waals surface area (Å²) in [7, 11) is 1.64. The van der Waals surface area contributed by atoms with Gasteiger partial charge in [-0.15, -0.1) is 13.2 Å².